The van der Waals surface area contributed by atoms with Crippen LogP contribution >= 0.6 is 0 Å². The van der Waals surface area contributed by atoms with Gasteiger partial charge in [0.15, 0.2) is 12.2 Å². The number of hydrogen-bond donors (Lipinski definition) is 1. The van der Waals surface area contributed by atoms with Crippen LogP contribution in [0.15, 0.2) is 0 Å². The van der Waals surface area contributed by atoms with Crippen molar-refractivity contribution in [2.45, 2.75) is 76.8 Å². The number of hydrogen-bond acceptors (Lipinski definition) is 7. The zero-order valence-corrected chi connectivity index (χ0v) is 14.7. The monoisotopic (exact) mass is 354 g/mol. The highest BCUT2D eigenvalue weighted by Crippen LogP contribution is 2.48. The Balaban J connectivity index is 1.65. The molecule has 4 rings (SSSR count). The molecule has 0 aromatic carbocycles. The first-order valence-corrected chi connectivity index (χ1v) is 9.22. The van der Waals surface area contributed by atoms with Gasteiger partial charge in [-0.2, -0.15) is 0 Å². The van der Waals surface area contributed by atoms with E-state index in [9.17, 15) is 19.5 Å². The van der Waals surface area contributed by atoms with Gasteiger partial charge < -0.3 is 19.3 Å². The van der Waals surface area contributed by atoms with Gasteiger partial charge in [-0.3, -0.25) is 4.79 Å². The number of aliphatic hydroxyl groups excluding tert-OH is 1. The molecule has 0 aromatic rings. The normalized spacial score (nSPS) is 35.5. The number of fused-ring (bicyclic) bond motifs is 1. The Hall–Kier alpha value is -1.63. The Morgan fingerprint density at radius 1 is 1.16 bits per heavy atom. The Kier molecular flexibility index (Phi) is 5.32. The predicted molar refractivity (Wildman–Crippen MR) is 85.2 cm³/mol. The van der Waals surface area contributed by atoms with Crippen molar-refractivity contribution in [3.8, 4) is 0 Å². The average molecular weight is 354 g/mol. The van der Waals surface area contributed by atoms with Crippen LogP contribution in [0.4, 0.5) is 0 Å². The molecule has 0 aromatic heterocycles. The summed E-state index contributed by atoms with van der Waals surface area (Å²) < 4.78 is 16.3. The number of carbonyl (C=O) groups is 3. The summed E-state index contributed by atoms with van der Waals surface area (Å²) in [5.41, 5.74) is 0. The fraction of sp³-hybridized carbons (Fsp3) is 0.833. The average Bonchev–Trinajstić information content (AvgIpc) is 2.76. The summed E-state index contributed by atoms with van der Waals surface area (Å²) >= 11 is 0. The molecule has 2 saturated carbocycles. The van der Waals surface area contributed by atoms with Crippen molar-refractivity contribution in [2.75, 3.05) is 0 Å². The van der Waals surface area contributed by atoms with E-state index >= 15 is 0 Å². The fourth-order valence-electron chi connectivity index (χ4n) is 4.33. The van der Waals surface area contributed by atoms with Gasteiger partial charge in [-0.15, -0.1) is 0 Å². The van der Waals surface area contributed by atoms with Gasteiger partial charge in [-0.1, -0.05) is 13.8 Å². The van der Waals surface area contributed by atoms with Crippen LogP contribution in [-0.4, -0.2) is 47.4 Å². The molecule has 4 fully saturated rings. The third-order valence-electron chi connectivity index (χ3n) is 5.64. The molecule has 140 valence electrons. The van der Waals surface area contributed by atoms with Gasteiger partial charge in [-0.05, 0) is 44.4 Å². The van der Waals surface area contributed by atoms with Crippen LogP contribution in [0.5, 0.6) is 0 Å². The molecule has 1 N–H and O–H groups in total. The molecule has 7 unspecified atom stereocenters. The van der Waals surface area contributed by atoms with Gasteiger partial charge in [0.05, 0.1) is 5.92 Å². The maximum absolute atomic E-state index is 12.5. The molecule has 4 bridgehead atoms. The van der Waals surface area contributed by atoms with E-state index in [0.717, 1.165) is 19.3 Å². The Morgan fingerprint density at radius 2 is 1.92 bits per heavy atom. The van der Waals surface area contributed by atoms with Gasteiger partial charge in [0.1, 0.15) is 12.2 Å². The molecule has 2 saturated heterocycles. The maximum Gasteiger partial charge on any atom is 0.347 e. The van der Waals surface area contributed by atoms with E-state index in [1.807, 2.05) is 0 Å². The van der Waals surface area contributed by atoms with Crippen LogP contribution in [0.25, 0.3) is 0 Å². The SMILES string of the molecule is CCC(O)C(=O)OC(CC)C(=O)OC1C2CC3CC(C2)C(=O)OC1C3. The molecule has 7 atom stereocenters. The third kappa shape index (κ3) is 3.66. The summed E-state index contributed by atoms with van der Waals surface area (Å²) in [5, 5.41) is 9.52. The molecule has 2 aliphatic carbocycles. The lowest BCUT2D eigenvalue weighted by molar-refractivity contribution is -0.187. The Bertz CT molecular complexity index is 546. The molecule has 7 nitrogen and oxygen atoms in total. The predicted octanol–water partition coefficient (Wildman–Crippen LogP) is 1.35. The summed E-state index contributed by atoms with van der Waals surface area (Å²) in [7, 11) is 0. The number of aliphatic hydroxyl groups is 1. The highest BCUT2D eigenvalue weighted by molar-refractivity contribution is 5.81. The second kappa shape index (κ2) is 7.32. The lowest BCUT2D eigenvalue weighted by atomic mass is 9.67. The van der Waals surface area contributed by atoms with Crippen LogP contribution in [0.3, 0.4) is 0 Å². The maximum atomic E-state index is 12.5. The molecule has 7 heteroatoms. The molecule has 2 aliphatic heterocycles. The largest absolute Gasteiger partial charge is 0.458 e. The van der Waals surface area contributed by atoms with Crippen LogP contribution in [0.2, 0.25) is 0 Å². The van der Waals surface area contributed by atoms with E-state index in [4.69, 9.17) is 14.2 Å². The van der Waals surface area contributed by atoms with E-state index in [2.05, 4.69) is 0 Å². The number of carbonyl (C=O) groups excluding carboxylic acids is 3. The molecule has 0 amide bonds. The minimum atomic E-state index is -1.24. The smallest absolute Gasteiger partial charge is 0.347 e. The van der Waals surface area contributed by atoms with Crippen molar-refractivity contribution < 1.29 is 33.7 Å². The molecule has 0 spiro atoms. The Morgan fingerprint density at radius 3 is 2.60 bits per heavy atom. The minimum absolute atomic E-state index is 0.0862. The van der Waals surface area contributed by atoms with Crippen molar-refractivity contribution in [1.82, 2.24) is 0 Å². The van der Waals surface area contributed by atoms with Gasteiger partial charge in [-0.25, -0.2) is 9.59 Å². The zero-order valence-electron chi connectivity index (χ0n) is 14.7. The summed E-state index contributed by atoms with van der Waals surface area (Å²) in [6, 6.07) is 0. The van der Waals surface area contributed by atoms with E-state index in [-0.39, 0.29) is 30.6 Å². The van der Waals surface area contributed by atoms with Crippen molar-refractivity contribution in [2.24, 2.45) is 17.8 Å². The zero-order chi connectivity index (χ0) is 18.1. The molecule has 4 aliphatic rings. The molecular weight excluding hydrogens is 328 g/mol. The summed E-state index contributed by atoms with van der Waals surface area (Å²) in [6.07, 6.45) is 0.531. The first-order valence-electron chi connectivity index (χ1n) is 9.22. The van der Waals surface area contributed by atoms with E-state index in [1.165, 1.54) is 0 Å². The number of esters is 3. The first kappa shape index (κ1) is 18.2. The van der Waals surface area contributed by atoms with Crippen LogP contribution < -0.4 is 0 Å². The minimum Gasteiger partial charge on any atom is -0.458 e. The number of ether oxygens (including phenoxy) is 3. The molecular formula is C18H26O7. The molecule has 0 radical (unpaired) electrons. The van der Waals surface area contributed by atoms with Gasteiger partial charge in [0, 0.05) is 5.92 Å². The van der Waals surface area contributed by atoms with E-state index in [1.54, 1.807) is 13.8 Å². The van der Waals surface area contributed by atoms with E-state index < -0.39 is 36.4 Å². The van der Waals surface area contributed by atoms with Gasteiger partial charge in [0.25, 0.3) is 0 Å². The Labute approximate surface area is 147 Å². The fourth-order valence-corrected chi connectivity index (χ4v) is 4.33. The van der Waals surface area contributed by atoms with Crippen molar-refractivity contribution >= 4 is 17.9 Å². The third-order valence-corrected chi connectivity index (χ3v) is 5.64. The summed E-state index contributed by atoms with van der Waals surface area (Å²) in [4.78, 5) is 36.3. The highest BCUT2D eigenvalue weighted by atomic mass is 16.6. The quantitative estimate of drug-likeness (QED) is 0.568. The summed E-state index contributed by atoms with van der Waals surface area (Å²) in [5.74, 6) is -1.15. The van der Waals surface area contributed by atoms with Gasteiger partial charge in [0.2, 0.25) is 0 Å². The van der Waals surface area contributed by atoms with Crippen molar-refractivity contribution in [3.63, 3.8) is 0 Å². The summed E-state index contributed by atoms with van der Waals surface area (Å²) in [6.45, 7) is 3.36. The van der Waals surface area contributed by atoms with E-state index in [0.29, 0.717) is 12.3 Å². The molecule has 25 heavy (non-hydrogen) atoms. The van der Waals surface area contributed by atoms with Gasteiger partial charge >= 0.3 is 17.9 Å². The topological polar surface area (TPSA) is 99.1 Å². The second-order valence-electron chi connectivity index (χ2n) is 7.40. The van der Waals surface area contributed by atoms with Crippen molar-refractivity contribution in [3.05, 3.63) is 0 Å². The molecule has 2 heterocycles. The lowest BCUT2D eigenvalue weighted by Gasteiger charge is -2.41. The van der Waals surface area contributed by atoms with Crippen LogP contribution in [0, 0.1) is 17.8 Å². The second-order valence-corrected chi connectivity index (χ2v) is 7.40. The first-order chi connectivity index (χ1) is 11.9. The number of rotatable bonds is 6. The highest BCUT2D eigenvalue weighted by Gasteiger charge is 2.52. The van der Waals surface area contributed by atoms with Crippen LogP contribution in [0.1, 0.15) is 52.4 Å². The lowest BCUT2D eigenvalue weighted by Crippen LogP contribution is -2.47. The van der Waals surface area contributed by atoms with Crippen molar-refractivity contribution in [1.29, 1.82) is 0 Å². The van der Waals surface area contributed by atoms with Crippen LogP contribution in [-0.2, 0) is 28.6 Å². The standard InChI is InChI=1S/C18H26O7/c1-3-12(19)17(21)23-13(4-2)18(22)25-15-10-5-9-6-11(8-10)16(20)24-14(15)7-9/h9-15,19H,3-8H2,1-2H3.